The SMILES string of the molecule is CC(=O)c1cccc(NC(=O)CC(c2cccs2)n2cccc2)c1. The third kappa shape index (κ3) is 3.81. The Morgan fingerprint density at radius 2 is 1.92 bits per heavy atom. The number of benzene rings is 1. The van der Waals surface area contributed by atoms with Gasteiger partial charge in [-0.2, -0.15) is 0 Å². The Morgan fingerprint density at radius 1 is 1.12 bits per heavy atom. The number of hydrogen-bond acceptors (Lipinski definition) is 3. The van der Waals surface area contributed by atoms with Crippen molar-refractivity contribution in [2.45, 2.75) is 19.4 Å². The fraction of sp³-hybridized carbons (Fsp3) is 0.158. The highest BCUT2D eigenvalue weighted by Crippen LogP contribution is 2.27. The van der Waals surface area contributed by atoms with Crippen LogP contribution in [0.4, 0.5) is 5.69 Å². The summed E-state index contributed by atoms with van der Waals surface area (Å²) in [5.74, 6) is -0.0993. The van der Waals surface area contributed by atoms with Crippen LogP contribution in [0.2, 0.25) is 0 Å². The first kappa shape index (κ1) is 16.2. The summed E-state index contributed by atoms with van der Waals surface area (Å²) in [5, 5.41) is 4.91. The van der Waals surface area contributed by atoms with Crippen molar-refractivity contribution in [1.82, 2.24) is 4.57 Å². The van der Waals surface area contributed by atoms with E-state index in [4.69, 9.17) is 0 Å². The summed E-state index contributed by atoms with van der Waals surface area (Å²) in [4.78, 5) is 25.1. The minimum atomic E-state index is -0.0807. The highest BCUT2D eigenvalue weighted by molar-refractivity contribution is 7.10. The van der Waals surface area contributed by atoms with E-state index in [1.807, 2.05) is 46.6 Å². The van der Waals surface area contributed by atoms with E-state index in [2.05, 4.69) is 5.32 Å². The number of nitrogens with one attached hydrogen (secondary N) is 1. The molecule has 0 aliphatic carbocycles. The maximum absolute atomic E-state index is 12.5. The number of anilines is 1. The summed E-state index contributed by atoms with van der Waals surface area (Å²) < 4.78 is 2.04. The molecule has 4 nitrogen and oxygen atoms in total. The van der Waals surface area contributed by atoms with Crippen molar-refractivity contribution in [2.75, 3.05) is 5.32 Å². The average molecular weight is 338 g/mol. The molecule has 0 fully saturated rings. The Labute approximate surface area is 144 Å². The second-order valence-electron chi connectivity index (χ2n) is 5.55. The maximum atomic E-state index is 12.5. The molecule has 5 heteroatoms. The number of amides is 1. The van der Waals surface area contributed by atoms with Gasteiger partial charge in [0.15, 0.2) is 5.78 Å². The molecule has 0 spiro atoms. The number of hydrogen-bond donors (Lipinski definition) is 1. The van der Waals surface area contributed by atoms with Gasteiger partial charge in [0, 0.05) is 28.5 Å². The van der Waals surface area contributed by atoms with Crippen molar-refractivity contribution in [3.05, 3.63) is 76.7 Å². The molecule has 0 saturated heterocycles. The molecule has 1 amide bonds. The maximum Gasteiger partial charge on any atom is 0.226 e. The Bertz CT molecular complexity index is 789. The Balaban J connectivity index is 1.75. The summed E-state index contributed by atoms with van der Waals surface area (Å²) in [6, 6.07) is 14.9. The monoisotopic (exact) mass is 338 g/mol. The van der Waals surface area contributed by atoms with Gasteiger partial charge in [-0.25, -0.2) is 0 Å². The fourth-order valence-corrected chi connectivity index (χ4v) is 3.43. The Kier molecular flexibility index (Phi) is 4.91. The van der Waals surface area contributed by atoms with Crippen LogP contribution in [0.3, 0.4) is 0 Å². The van der Waals surface area contributed by atoms with Crippen LogP contribution in [-0.4, -0.2) is 16.3 Å². The van der Waals surface area contributed by atoms with Crippen LogP contribution in [0.5, 0.6) is 0 Å². The molecule has 122 valence electrons. The normalized spacial score (nSPS) is 11.9. The number of Topliss-reactive ketones (excluding diaryl/α,β-unsaturated/α-hetero) is 1. The molecule has 1 atom stereocenters. The lowest BCUT2D eigenvalue weighted by Gasteiger charge is -2.17. The number of nitrogens with zero attached hydrogens (tertiary/aromatic N) is 1. The van der Waals surface area contributed by atoms with Gasteiger partial charge in [-0.1, -0.05) is 18.2 Å². The van der Waals surface area contributed by atoms with E-state index in [1.54, 1.807) is 35.6 Å². The lowest BCUT2D eigenvalue weighted by Crippen LogP contribution is -2.19. The summed E-state index contributed by atoms with van der Waals surface area (Å²) >= 11 is 1.64. The molecule has 0 radical (unpaired) electrons. The predicted octanol–water partition coefficient (Wildman–Crippen LogP) is 4.37. The molecule has 24 heavy (non-hydrogen) atoms. The summed E-state index contributed by atoms with van der Waals surface area (Å²) in [7, 11) is 0. The second kappa shape index (κ2) is 7.27. The van der Waals surface area contributed by atoms with E-state index >= 15 is 0 Å². The zero-order valence-corrected chi connectivity index (χ0v) is 14.1. The van der Waals surface area contributed by atoms with Crippen LogP contribution in [-0.2, 0) is 4.79 Å². The predicted molar refractivity (Wildman–Crippen MR) is 96.6 cm³/mol. The largest absolute Gasteiger partial charge is 0.346 e. The number of rotatable bonds is 6. The van der Waals surface area contributed by atoms with Crippen molar-refractivity contribution < 1.29 is 9.59 Å². The summed E-state index contributed by atoms with van der Waals surface area (Å²) in [6.07, 6.45) is 4.27. The lowest BCUT2D eigenvalue weighted by atomic mass is 10.1. The smallest absolute Gasteiger partial charge is 0.226 e. The quantitative estimate of drug-likeness (QED) is 0.679. The van der Waals surface area contributed by atoms with Crippen LogP contribution in [0, 0.1) is 0 Å². The second-order valence-corrected chi connectivity index (χ2v) is 6.53. The van der Waals surface area contributed by atoms with Crippen molar-refractivity contribution in [2.24, 2.45) is 0 Å². The summed E-state index contributed by atoms with van der Waals surface area (Å²) in [6.45, 7) is 1.51. The molecule has 0 saturated carbocycles. The van der Waals surface area contributed by atoms with Crippen molar-refractivity contribution in [1.29, 1.82) is 0 Å². The van der Waals surface area contributed by atoms with Crippen molar-refractivity contribution in [3.8, 4) is 0 Å². The van der Waals surface area contributed by atoms with Crippen LogP contribution in [0.1, 0.15) is 34.6 Å². The Morgan fingerprint density at radius 3 is 2.58 bits per heavy atom. The van der Waals surface area contributed by atoms with Gasteiger partial charge in [-0.3, -0.25) is 9.59 Å². The van der Waals surface area contributed by atoms with Crippen LogP contribution >= 0.6 is 11.3 Å². The van der Waals surface area contributed by atoms with Gasteiger partial charge in [0.1, 0.15) is 0 Å². The van der Waals surface area contributed by atoms with E-state index < -0.39 is 0 Å². The van der Waals surface area contributed by atoms with Gasteiger partial charge in [0.2, 0.25) is 5.91 Å². The topological polar surface area (TPSA) is 51.1 Å². The molecule has 3 aromatic rings. The first-order chi connectivity index (χ1) is 11.6. The zero-order valence-electron chi connectivity index (χ0n) is 13.3. The number of carbonyl (C=O) groups is 2. The number of carbonyl (C=O) groups excluding carboxylic acids is 2. The van der Waals surface area contributed by atoms with E-state index in [9.17, 15) is 9.59 Å². The van der Waals surface area contributed by atoms with Gasteiger partial charge in [-0.15, -0.1) is 11.3 Å². The molecule has 0 aliphatic rings. The highest BCUT2D eigenvalue weighted by Gasteiger charge is 2.18. The lowest BCUT2D eigenvalue weighted by molar-refractivity contribution is -0.116. The van der Waals surface area contributed by atoms with Crippen LogP contribution < -0.4 is 5.32 Å². The fourth-order valence-electron chi connectivity index (χ4n) is 2.59. The third-order valence-corrected chi connectivity index (χ3v) is 4.76. The Hall–Kier alpha value is -2.66. The minimum absolute atomic E-state index is 0.0186. The van der Waals surface area contributed by atoms with Gasteiger partial charge in [0.25, 0.3) is 0 Å². The minimum Gasteiger partial charge on any atom is -0.346 e. The van der Waals surface area contributed by atoms with E-state index in [0.717, 1.165) is 4.88 Å². The van der Waals surface area contributed by atoms with Crippen LogP contribution in [0.15, 0.2) is 66.3 Å². The van der Waals surface area contributed by atoms with Crippen molar-refractivity contribution in [3.63, 3.8) is 0 Å². The zero-order chi connectivity index (χ0) is 16.9. The van der Waals surface area contributed by atoms with Crippen LogP contribution in [0.25, 0.3) is 0 Å². The third-order valence-electron chi connectivity index (χ3n) is 3.79. The van der Waals surface area contributed by atoms with E-state index in [0.29, 0.717) is 17.7 Å². The first-order valence-electron chi connectivity index (χ1n) is 7.70. The number of thiophene rings is 1. The molecule has 1 unspecified atom stereocenters. The van der Waals surface area contributed by atoms with E-state index in [-0.39, 0.29) is 17.7 Å². The van der Waals surface area contributed by atoms with Crippen molar-refractivity contribution >= 4 is 28.7 Å². The molecule has 2 heterocycles. The molecule has 0 bridgehead atoms. The van der Waals surface area contributed by atoms with Gasteiger partial charge in [0.05, 0.1) is 12.5 Å². The van der Waals surface area contributed by atoms with Gasteiger partial charge >= 0.3 is 0 Å². The van der Waals surface area contributed by atoms with E-state index in [1.165, 1.54) is 6.92 Å². The molecule has 1 N–H and O–H groups in total. The molecular weight excluding hydrogens is 320 g/mol. The average Bonchev–Trinajstić information content (AvgIpc) is 3.26. The number of ketones is 1. The molecule has 1 aromatic carbocycles. The summed E-state index contributed by atoms with van der Waals surface area (Å²) in [5.41, 5.74) is 1.23. The highest BCUT2D eigenvalue weighted by atomic mass is 32.1. The molecule has 2 aromatic heterocycles. The number of aromatic nitrogens is 1. The van der Waals surface area contributed by atoms with Gasteiger partial charge in [-0.05, 0) is 42.6 Å². The molecule has 3 rings (SSSR count). The molecular formula is C19H18N2O2S. The standard InChI is InChI=1S/C19H18N2O2S/c1-14(22)15-6-4-7-16(12-15)20-19(23)13-17(18-8-5-11-24-18)21-9-2-3-10-21/h2-12,17H,13H2,1H3,(H,20,23). The first-order valence-corrected chi connectivity index (χ1v) is 8.58. The molecule has 0 aliphatic heterocycles. The van der Waals surface area contributed by atoms with Gasteiger partial charge < -0.3 is 9.88 Å².